The molecule has 68 valence electrons. The molecule has 0 bridgehead atoms. The molecule has 0 saturated carbocycles. The zero-order chi connectivity index (χ0) is 9.26. The van der Waals surface area contributed by atoms with Gasteiger partial charge in [0, 0.05) is 0 Å². The number of rotatable bonds is 1. The Morgan fingerprint density at radius 3 is 2.20 bits per heavy atom. The summed E-state index contributed by atoms with van der Waals surface area (Å²) in [4.78, 5) is 0. The van der Waals surface area contributed by atoms with Gasteiger partial charge in [0.2, 0.25) is 0 Å². The fourth-order valence-electron chi connectivity index (χ4n) is 1.60. The summed E-state index contributed by atoms with van der Waals surface area (Å²) in [7, 11) is 0. The molecular weight excluding hydrogens is 202 g/mol. The van der Waals surface area contributed by atoms with E-state index in [0.717, 1.165) is 5.57 Å². The van der Waals surface area contributed by atoms with E-state index in [1.165, 1.54) is 16.3 Å². The second-order valence-corrected chi connectivity index (χ2v) is 3.31. The van der Waals surface area contributed by atoms with Gasteiger partial charge in [0.15, 0.2) is 0 Å². The van der Waals surface area contributed by atoms with Crippen molar-refractivity contribution in [3.63, 3.8) is 0 Å². The zero-order valence-corrected chi connectivity index (χ0v) is 7.75. The second-order valence-electron chi connectivity index (χ2n) is 3.31. The van der Waals surface area contributed by atoms with Gasteiger partial charge >= 0.3 is 59.1 Å². The molecule has 0 aromatic heterocycles. The van der Waals surface area contributed by atoms with Gasteiger partial charge in [-0.2, -0.15) is 0 Å². The van der Waals surface area contributed by atoms with E-state index in [2.05, 4.69) is 49.0 Å². The Kier molecular flexibility index (Phi) is 7.10. The van der Waals surface area contributed by atoms with Crippen molar-refractivity contribution in [3.8, 4) is 0 Å². The summed E-state index contributed by atoms with van der Waals surface area (Å²) in [5.41, 5.74) is 2.37. The molecule has 0 aliphatic heterocycles. The third-order valence-electron chi connectivity index (χ3n) is 2.25. The first-order valence-electron chi connectivity index (χ1n) is 4.42. The minimum atomic E-state index is 0. The van der Waals surface area contributed by atoms with Gasteiger partial charge in [0.25, 0.3) is 0 Å². The van der Waals surface area contributed by atoms with E-state index in [4.69, 9.17) is 0 Å². The average molecular weight is 216 g/mol. The van der Waals surface area contributed by atoms with Crippen LogP contribution in [0, 0.1) is 0 Å². The molecule has 0 fully saturated rings. The Labute approximate surface area is 135 Å². The molecule has 0 unspecified atom stereocenters. The van der Waals surface area contributed by atoms with Crippen molar-refractivity contribution in [1.82, 2.24) is 0 Å². The predicted octanol–water partition coefficient (Wildman–Crippen LogP) is 2.58. The van der Waals surface area contributed by atoms with Gasteiger partial charge in [0.05, 0.1) is 0 Å². The summed E-state index contributed by atoms with van der Waals surface area (Å²) in [6.45, 7) is 6.02. The van der Waals surface area contributed by atoms with Crippen LogP contribution in [0.4, 0.5) is 0 Å². The summed E-state index contributed by atoms with van der Waals surface area (Å²) >= 11 is 0. The predicted molar refractivity (Wildman–Crippen MR) is 73.0 cm³/mol. The molecule has 2 aromatic carbocycles. The average Bonchev–Trinajstić information content (AvgIpc) is 2.17. The van der Waals surface area contributed by atoms with Gasteiger partial charge in [-0.05, 0) is 23.3 Å². The molecule has 0 aliphatic carbocycles. The summed E-state index contributed by atoms with van der Waals surface area (Å²) in [5, 5.41) is 2.57. The summed E-state index contributed by atoms with van der Waals surface area (Å²) in [6, 6.07) is 14.7. The standard InChI is InChI=1S/C13H12.2Na.2H/c1-10(2)12-9-5-7-11-6-3-4-8-13(11)12;;;;/h3-9H,1H2,2H3;;;;. The topological polar surface area (TPSA) is 0 Å². The quantitative estimate of drug-likeness (QED) is 0.643. The number of allylic oxidation sites excluding steroid dienone is 1. The number of hydrogen-bond donors (Lipinski definition) is 0. The van der Waals surface area contributed by atoms with Crippen LogP contribution >= 0.6 is 0 Å². The second kappa shape index (κ2) is 6.90. The first-order chi connectivity index (χ1) is 6.29. The number of fused-ring (bicyclic) bond motifs is 1. The minimum absolute atomic E-state index is 0. The first-order valence-corrected chi connectivity index (χ1v) is 4.42. The molecule has 0 atom stereocenters. The summed E-state index contributed by atoms with van der Waals surface area (Å²) in [5.74, 6) is 0. The first kappa shape index (κ1) is 15.4. The van der Waals surface area contributed by atoms with Crippen LogP contribution in [0.1, 0.15) is 12.5 Å². The molecule has 0 radical (unpaired) electrons. The fourth-order valence-corrected chi connectivity index (χ4v) is 1.60. The van der Waals surface area contributed by atoms with Gasteiger partial charge in [-0.15, -0.1) is 0 Å². The molecule has 0 saturated heterocycles. The van der Waals surface area contributed by atoms with Crippen molar-refractivity contribution in [2.45, 2.75) is 6.92 Å². The number of hydrogen-bond acceptors (Lipinski definition) is 0. The van der Waals surface area contributed by atoms with Gasteiger partial charge < -0.3 is 0 Å². The van der Waals surface area contributed by atoms with E-state index in [9.17, 15) is 0 Å². The molecule has 0 amide bonds. The van der Waals surface area contributed by atoms with Crippen LogP contribution in [0.5, 0.6) is 0 Å². The molecular formula is C13H14Na2. The maximum atomic E-state index is 3.98. The van der Waals surface area contributed by atoms with Gasteiger partial charge in [-0.1, -0.05) is 54.6 Å². The fraction of sp³-hybridized carbons (Fsp3) is 0.0769. The Morgan fingerprint density at radius 2 is 1.53 bits per heavy atom. The monoisotopic (exact) mass is 216 g/mol. The third kappa shape index (κ3) is 3.45. The van der Waals surface area contributed by atoms with Crippen molar-refractivity contribution in [2.75, 3.05) is 0 Å². The van der Waals surface area contributed by atoms with Crippen LogP contribution in [0.15, 0.2) is 49.0 Å². The van der Waals surface area contributed by atoms with Gasteiger partial charge in [0.1, 0.15) is 0 Å². The van der Waals surface area contributed by atoms with E-state index in [1.54, 1.807) is 0 Å². The molecule has 2 heteroatoms. The third-order valence-corrected chi connectivity index (χ3v) is 2.25. The molecule has 2 rings (SSSR count). The molecule has 15 heavy (non-hydrogen) atoms. The normalized spacial score (nSPS) is 8.87. The Morgan fingerprint density at radius 1 is 0.933 bits per heavy atom. The molecule has 0 aliphatic rings. The van der Waals surface area contributed by atoms with Crippen LogP contribution in [0.25, 0.3) is 16.3 Å². The molecule has 2 aromatic rings. The Hall–Kier alpha value is 0.440. The van der Waals surface area contributed by atoms with E-state index in [1.807, 2.05) is 6.92 Å². The van der Waals surface area contributed by atoms with E-state index < -0.39 is 0 Å². The molecule has 0 spiro atoms. The number of benzene rings is 2. The van der Waals surface area contributed by atoms with Crippen LogP contribution in [0.3, 0.4) is 0 Å². The van der Waals surface area contributed by atoms with Crippen LogP contribution in [-0.4, -0.2) is 59.1 Å². The van der Waals surface area contributed by atoms with Gasteiger partial charge in [-0.3, -0.25) is 0 Å². The molecule has 0 nitrogen and oxygen atoms in total. The van der Waals surface area contributed by atoms with Crippen LogP contribution in [-0.2, 0) is 0 Å². The molecule has 0 heterocycles. The van der Waals surface area contributed by atoms with Crippen molar-refractivity contribution in [3.05, 3.63) is 54.6 Å². The van der Waals surface area contributed by atoms with Crippen molar-refractivity contribution in [1.29, 1.82) is 0 Å². The maximum absolute atomic E-state index is 3.98. The van der Waals surface area contributed by atoms with E-state index in [-0.39, 0.29) is 59.1 Å². The zero-order valence-electron chi connectivity index (χ0n) is 7.75. The summed E-state index contributed by atoms with van der Waals surface area (Å²) < 4.78 is 0. The summed E-state index contributed by atoms with van der Waals surface area (Å²) in [6.07, 6.45) is 0. The SMILES string of the molecule is C=C(C)c1cccc2ccccc12.[NaH].[NaH]. The molecule has 0 N–H and O–H groups in total. The van der Waals surface area contributed by atoms with E-state index >= 15 is 0 Å². The van der Waals surface area contributed by atoms with Crippen LogP contribution in [0.2, 0.25) is 0 Å². The van der Waals surface area contributed by atoms with Crippen molar-refractivity contribution >= 4 is 75.5 Å². The van der Waals surface area contributed by atoms with E-state index in [0.29, 0.717) is 0 Å². The van der Waals surface area contributed by atoms with Gasteiger partial charge in [-0.25, -0.2) is 0 Å². The van der Waals surface area contributed by atoms with Crippen molar-refractivity contribution in [2.24, 2.45) is 0 Å². The van der Waals surface area contributed by atoms with Crippen molar-refractivity contribution < 1.29 is 0 Å². The van der Waals surface area contributed by atoms with Crippen LogP contribution < -0.4 is 0 Å². The Balaban J connectivity index is 0.000000980. The Bertz CT molecular complexity index is 456.